The molecule has 176 valence electrons. The maximum absolute atomic E-state index is 12.7. The number of alkyl halides is 3. The molecule has 0 aliphatic rings. The Morgan fingerprint density at radius 1 is 0.941 bits per heavy atom. The third kappa shape index (κ3) is 5.06. The van der Waals surface area contributed by atoms with E-state index in [0.717, 1.165) is 29.8 Å². The van der Waals surface area contributed by atoms with Crippen molar-refractivity contribution in [1.29, 1.82) is 0 Å². The summed E-state index contributed by atoms with van der Waals surface area (Å²) in [6.45, 7) is 0.269. The lowest BCUT2D eigenvalue weighted by Crippen LogP contribution is -2.13. The Morgan fingerprint density at radius 2 is 1.62 bits per heavy atom. The lowest BCUT2D eigenvalue weighted by atomic mass is 10.1. The zero-order valence-electron chi connectivity index (χ0n) is 18.2. The molecule has 2 N–H and O–H groups in total. The second-order valence-corrected chi connectivity index (χ2v) is 7.32. The van der Waals surface area contributed by atoms with Gasteiger partial charge in [-0.05, 0) is 54.1 Å². The third-order valence-electron chi connectivity index (χ3n) is 5.06. The lowest BCUT2D eigenvalue weighted by molar-refractivity contribution is -0.137. The van der Waals surface area contributed by atoms with Crippen LogP contribution in [0.4, 0.5) is 19.0 Å². The number of rotatable bonds is 7. The van der Waals surface area contributed by atoms with Crippen molar-refractivity contribution in [1.82, 2.24) is 10.2 Å². The van der Waals surface area contributed by atoms with Gasteiger partial charge in [0.05, 0.1) is 25.3 Å². The van der Waals surface area contributed by atoms with E-state index in [1.807, 2.05) is 12.1 Å². The number of ether oxygens (including phenoxy) is 3. The molecule has 3 aromatic carbocycles. The van der Waals surface area contributed by atoms with Gasteiger partial charge in [-0.15, -0.1) is 0 Å². The van der Waals surface area contributed by atoms with E-state index in [2.05, 4.69) is 15.5 Å². The highest BCUT2D eigenvalue weighted by molar-refractivity contribution is 6.07. The third-order valence-corrected chi connectivity index (χ3v) is 5.06. The maximum atomic E-state index is 12.7. The number of halogens is 3. The highest BCUT2D eigenvalue weighted by Gasteiger charge is 2.30. The first-order chi connectivity index (χ1) is 16.3. The molecule has 1 heterocycles. The van der Waals surface area contributed by atoms with Gasteiger partial charge in [-0.25, -0.2) is 0 Å². The van der Waals surface area contributed by atoms with E-state index in [4.69, 9.17) is 14.2 Å². The standard InChI is InChI=1S/C24H20F3N3O4/c1-32-18-9-14(10-19(11-18)33-2)13-34-17-7-8-20-21(12-17)29-30-22(20)28-23(31)15-3-5-16(6-4-15)24(25,26)27/h3-12H,13H2,1-2H3,(H2,28,29,30,31). The Kier molecular flexibility index (Phi) is 6.31. The van der Waals surface area contributed by atoms with Crippen molar-refractivity contribution in [2.45, 2.75) is 12.8 Å². The first-order valence-electron chi connectivity index (χ1n) is 10.1. The van der Waals surface area contributed by atoms with Crippen molar-refractivity contribution in [3.05, 3.63) is 77.4 Å². The summed E-state index contributed by atoms with van der Waals surface area (Å²) in [5.74, 6) is 1.54. The van der Waals surface area contributed by atoms with Crippen molar-refractivity contribution >= 4 is 22.6 Å². The smallest absolute Gasteiger partial charge is 0.416 e. The lowest BCUT2D eigenvalue weighted by Gasteiger charge is -2.10. The summed E-state index contributed by atoms with van der Waals surface area (Å²) >= 11 is 0. The van der Waals surface area contributed by atoms with Gasteiger partial charge in [0, 0.05) is 23.1 Å². The Balaban J connectivity index is 1.45. The van der Waals surface area contributed by atoms with Gasteiger partial charge in [-0.1, -0.05) is 0 Å². The fraction of sp³-hybridized carbons (Fsp3) is 0.167. The van der Waals surface area contributed by atoms with Gasteiger partial charge in [0.1, 0.15) is 23.9 Å². The zero-order chi connectivity index (χ0) is 24.3. The summed E-state index contributed by atoms with van der Waals surface area (Å²) in [7, 11) is 3.14. The number of fused-ring (bicyclic) bond motifs is 1. The number of H-pyrrole nitrogens is 1. The first-order valence-corrected chi connectivity index (χ1v) is 10.1. The molecule has 4 rings (SSSR count). The maximum Gasteiger partial charge on any atom is 0.416 e. The topological polar surface area (TPSA) is 85.5 Å². The van der Waals surface area contributed by atoms with Gasteiger partial charge in [-0.3, -0.25) is 9.89 Å². The monoisotopic (exact) mass is 471 g/mol. The minimum absolute atomic E-state index is 0.0813. The second-order valence-electron chi connectivity index (χ2n) is 7.32. The predicted molar refractivity (Wildman–Crippen MR) is 119 cm³/mol. The minimum Gasteiger partial charge on any atom is -0.497 e. The molecule has 34 heavy (non-hydrogen) atoms. The molecule has 0 spiro atoms. The normalized spacial score (nSPS) is 11.3. The number of benzene rings is 3. The van der Waals surface area contributed by atoms with E-state index >= 15 is 0 Å². The van der Waals surface area contributed by atoms with Crippen LogP contribution in [0, 0.1) is 0 Å². The molecule has 7 nitrogen and oxygen atoms in total. The Morgan fingerprint density at radius 3 is 2.24 bits per heavy atom. The number of nitrogens with one attached hydrogen (secondary N) is 2. The van der Waals surface area contributed by atoms with Crippen LogP contribution in [0.15, 0.2) is 60.7 Å². The number of anilines is 1. The van der Waals surface area contributed by atoms with Gasteiger partial charge in [0.15, 0.2) is 5.82 Å². The second kappa shape index (κ2) is 9.34. The molecule has 10 heteroatoms. The number of aromatic amines is 1. The summed E-state index contributed by atoms with van der Waals surface area (Å²) in [6.07, 6.45) is -4.47. The molecule has 0 bridgehead atoms. The van der Waals surface area contributed by atoms with E-state index in [0.29, 0.717) is 28.2 Å². The Hall–Kier alpha value is -4.21. The highest BCUT2D eigenvalue weighted by atomic mass is 19.4. The van der Waals surface area contributed by atoms with Crippen LogP contribution in [0.2, 0.25) is 0 Å². The van der Waals surface area contributed by atoms with Crippen molar-refractivity contribution in [3.8, 4) is 17.2 Å². The van der Waals surface area contributed by atoms with Crippen LogP contribution in [0.5, 0.6) is 17.2 Å². The van der Waals surface area contributed by atoms with Crippen molar-refractivity contribution in [2.24, 2.45) is 0 Å². The number of carbonyl (C=O) groups excluding carboxylic acids is 1. The molecule has 0 fully saturated rings. The summed E-state index contributed by atoms with van der Waals surface area (Å²) in [4.78, 5) is 12.5. The molecule has 1 amide bonds. The van der Waals surface area contributed by atoms with Crippen LogP contribution in [0.1, 0.15) is 21.5 Å². The summed E-state index contributed by atoms with van der Waals surface area (Å²) in [5.41, 5.74) is 0.723. The van der Waals surface area contributed by atoms with Gasteiger partial charge < -0.3 is 19.5 Å². The number of methoxy groups -OCH3 is 2. The molecule has 0 saturated heterocycles. The quantitative estimate of drug-likeness (QED) is 0.376. The summed E-state index contributed by atoms with van der Waals surface area (Å²) in [6, 6.07) is 14.6. The number of amides is 1. The molecule has 0 atom stereocenters. The molecule has 1 aromatic heterocycles. The molecule has 4 aromatic rings. The first kappa shape index (κ1) is 23.0. The van der Waals surface area contributed by atoms with Gasteiger partial charge in [0.2, 0.25) is 0 Å². The average molecular weight is 471 g/mol. The molecule has 0 aliphatic heterocycles. The Labute approximate surface area is 192 Å². The van der Waals surface area contributed by atoms with Gasteiger partial charge >= 0.3 is 6.18 Å². The SMILES string of the molecule is COc1cc(COc2ccc3c(NC(=O)c4ccc(C(F)(F)F)cc4)n[nH]c3c2)cc(OC)c1. The summed E-state index contributed by atoms with van der Waals surface area (Å²) < 4.78 is 54.5. The average Bonchev–Trinajstić information content (AvgIpc) is 3.23. The molecular formula is C24H20F3N3O4. The molecule has 0 radical (unpaired) electrons. The molecule has 0 saturated carbocycles. The van der Waals surface area contributed by atoms with E-state index in [9.17, 15) is 18.0 Å². The van der Waals surface area contributed by atoms with Crippen LogP contribution < -0.4 is 19.5 Å². The predicted octanol–water partition coefficient (Wildman–Crippen LogP) is 5.43. The highest BCUT2D eigenvalue weighted by Crippen LogP contribution is 2.30. The minimum atomic E-state index is -4.47. The van der Waals surface area contributed by atoms with Crippen molar-refractivity contribution in [2.75, 3.05) is 19.5 Å². The van der Waals surface area contributed by atoms with Gasteiger partial charge in [0.25, 0.3) is 5.91 Å². The van der Waals surface area contributed by atoms with Crippen molar-refractivity contribution in [3.63, 3.8) is 0 Å². The van der Waals surface area contributed by atoms with E-state index < -0.39 is 17.6 Å². The number of carbonyl (C=O) groups is 1. The van der Waals surface area contributed by atoms with E-state index in [-0.39, 0.29) is 18.0 Å². The van der Waals surface area contributed by atoms with E-state index in [1.54, 1.807) is 38.5 Å². The number of aromatic nitrogens is 2. The van der Waals surface area contributed by atoms with Gasteiger partial charge in [-0.2, -0.15) is 18.3 Å². The fourth-order valence-electron chi connectivity index (χ4n) is 3.29. The van der Waals surface area contributed by atoms with Crippen molar-refractivity contribution < 1.29 is 32.2 Å². The van der Waals surface area contributed by atoms with Crippen LogP contribution >= 0.6 is 0 Å². The molecule has 0 aliphatic carbocycles. The molecule has 0 unspecified atom stereocenters. The van der Waals surface area contributed by atoms with Crippen LogP contribution in [0.25, 0.3) is 10.9 Å². The number of hydrogen-bond donors (Lipinski definition) is 2. The largest absolute Gasteiger partial charge is 0.497 e. The fourth-order valence-corrected chi connectivity index (χ4v) is 3.29. The Bertz CT molecular complexity index is 1300. The molecular weight excluding hydrogens is 451 g/mol. The number of nitrogens with zero attached hydrogens (tertiary/aromatic N) is 1. The van der Waals surface area contributed by atoms with Crippen LogP contribution in [0.3, 0.4) is 0 Å². The van der Waals surface area contributed by atoms with Crippen LogP contribution in [-0.4, -0.2) is 30.3 Å². The van der Waals surface area contributed by atoms with E-state index in [1.165, 1.54) is 0 Å². The number of hydrogen-bond acceptors (Lipinski definition) is 5. The zero-order valence-corrected chi connectivity index (χ0v) is 18.2. The summed E-state index contributed by atoms with van der Waals surface area (Å²) in [5, 5.41) is 10.1. The van der Waals surface area contributed by atoms with Crippen LogP contribution in [-0.2, 0) is 12.8 Å².